The summed E-state index contributed by atoms with van der Waals surface area (Å²) in [6.45, 7) is 8.90. The number of hydrogen-bond acceptors (Lipinski definition) is 5. The van der Waals surface area contributed by atoms with Crippen LogP contribution < -0.4 is 5.32 Å². The molecule has 6 nitrogen and oxygen atoms in total. The fourth-order valence-electron chi connectivity index (χ4n) is 3.66. The number of benzene rings is 2. The van der Waals surface area contributed by atoms with Crippen molar-refractivity contribution in [2.24, 2.45) is 0 Å². The van der Waals surface area contributed by atoms with E-state index in [4.69, 9.17) is 32.7 Å². The van der Waals surface area contributed by atoms with Crippen molar-refractivity contribution in [3.63, 3.8) is 0 Å². The summed E-state index contributed by atoms with van der Waals surface area (Å²) in [4.78, 5) is 26.7. The second-order valence-corrected chi connectivity index (χ2v) is 10.3. The predicted octanol–water partition coefficient (Wildman–Crippen LogP) is 4.90. The topological polar surface area (TPSA) is 67.9 Å². The number of halogens is 2. The quantitative estimate of drug-likeness (QED) is 0.515. The first-order chi connectivity index (χ1) is 16.1. The number of amides is 1. The molecule has 0 unspecified atom stereocenters. The molecule has 0 aliphatic carbocycles. The number of carbonyl (C=O) groups is 2. The molecule has 0 saturated carbocycles. The number of nitrogens with one attached hydrogen (secondary N) is 1. The van der Waals surface area contributed by atoms with Crippen molar-refractivity contribution in [3.8, 4) is 0 Å². The minimum Gasteiger partial charge on any atom is -0.456 e. The third-order valence-electron chi connectivity index (χ3n) is 5.37. The monoisotopic (exact) mass is 506 g/mol. The van der Waals surface area contributed by atoms with Crippen LogP contribution in [0.5, 0.6) is 0 Å². The van der Waals surface area contributed by atoms with Crippen molar-refractivity contribution in [1.82, 2.24) is 10.2 Å². The van der Waals surface area contributed by atoms with Crippen molar-refractivity contribution in [1.29, 1.82) is 0 Å². The molecule has 1 N–H and O–H groups in total. The largest absolute Gasteiger partial charge is 0.456 e. The van der Waals surface area contributed by atoms with E-state index in [1.807, 2.05) is 51.1 Å². The van der Waals surface area contributed by atoms with E-state index in [-0.39, 0.29) is 18.0 Å². The number of rotatable bonds is 8. The minimum absolute atomic E-state index is 0.0265. The number of carbonyl (C=O) groups excluding carboxylic acids is 2. The Balaban J connectivity index is 1.39. The zero-order valence-corrected chi connectivity index (χ0v) is 21.4. The van der Waals surface area contributed by atoms with Gasteiger partial charge in [-0.1, -0.05) is 41.4 Å². The van der Waals surface area contributed by atoms with E-state index in [1.54, 1.807) is 12.1 Å². The summed E-state index contributed by atoms with van der Waals surface area (Å²) in [6, 6.07) is 12.9. The predicted molar refractivity (Wildman–Crippen MR) is 134 cm³/mol. The Hall–Kier alpha value is -2.12. The minimum atomic E-state index is -0.531. The van der Waals surface area contributed by atoms with Gasteiger partial charge >= 0.3 is 5.97 Å². The molecule has 1 saturated heterocycles. The van der Waals surface area contributed by atoms with Crippen molar-refractivity contribution in [3.05, 3.63) is 69.2 Å². The standard InChI is InChI=1S/C26H32Cl2N2O4/c1-26(2,3)34-25(32)20-8-4-18(5-9-20)7-11-24(31)29-15-21-17-30(12-13-33-21)16-19-6-10-22(27)23(28)14-19/h4-6,8-10,14,21H,7,11-13,15-17H2,1-3H3,(H,29,31)/t21-/m0/s1. The molecule has 1 atom stereocenters. The summed E-state index contributed by atoms with van der Waals surface area (Å²) < 4.78 is 11.2. The number of hydrogen-bond donors (Lipinski definition) is 1. The number of nitrogens with zero attached hydrogens (tertiary/aromatic N) is 1. The van der Waals surface area contributed by atoms with Gasteiger partial charge in [0.2, 0.25) is 5.91 Å². The summed E-state index contributed by atoms with van der Waals surface area (Å²) in [5.41, 5.74) is 2.06. The van der Waals surface area contributed by atoms with Crippen molar-refractivity contribution in [2.75, 3.05) is 26.2 Å². The van der Waals surface area contributed by atoms with Gasteiger partial charge in [-0.05, 0) is 62.6 Å². The lowest BCUT2D eigenvalue weighted by atomic mass is 10.1. The van der Waals surface area contributed by atoms with Gasteiger partial charge in [-0.3, -0.25) is 9.69 Å². The van der Waals surface area contributed by atoms with Gasteiger partial charge in [0.05, 0.1) is 28.3 Å². The Morgan fingerprint density at radius 2 is 1.79 bits per heavy atom. The van der Waals surface area contributed by atoms with Gasteiger partial charge in [0.25, 0.3) is 0 Å². The maximum Gasteiger partial charge on any atom is 0.338 e. The first-order valence-corrected chi connectivity index (χ1v) is 12.2. The maximum absolute atomic E-state index is 12.4. The van der Waals surface area contributed by atoms with E-state index >= 15 is 0 Å². The van der Waals surface area contributed by atoms with Gasteiger partial charge in [0.15, 0.2) is 0 Å². The highest BCUT2D eigenvalue weighted by atomic mass is 35.5. The molecule has 1 aliphatic heterocycles. The van der Waals surface area contributed by atoms with Crippen LogP contribution in [0.15, 0.2) is 42.5 Å². The molecule has 0 spiro atoms. The fourth-order valence-corrected chi connectivity index (χ4v) is 3.98. The molecule has 0 radical (unpaired) electrons. The van der Waals surface area contributed by atoms with Crippen LogP contribution in [-0.4, -0.2) is 54.7 Å². The summed E-state index contributed by atoms with van der Waals surface area (Å²) in [5.74, 6) is -0.376. The van der Waals surface area contributed by atoms with Crippen molar-refractivity contribution < 1.29 is 19.1 Å². The summed E-state index contributed by atoms with van der Waals surface area (Å²) >= 11 is 12.1. The molecule has 0 bridgehead atoms. The maximum atomic E-state index is 12.4. The Morgan fingerprint density at radius 1 is 1.09 bits per heavy atom. The summed E-state index contributed by atoms with van der Waals surface area (Å²) in [5, 5.41) is 4.08. The lowest BCUT2D eigenvalue weighted by molar-refractivity contribution is -0.122. The van der Waals surface area contributed by atoms with Crippen LogP contribution in [0.1, 0.15) is 48.7 Å². The molecular weight excluding hydrogens is 475 g/mol. The molecule has 2 aromatic carbocycles. The highest BCUT2D eigenvalue weighted by Crippen LogP contribution is 2.23. The zero-order chi connectivity index (χ0) is 24.7. The molecule has 1 heterocycles. The highest BCUT2D eigenvalue weighted by molar-refractivity contribution is 6.42. The molecule has 1 aliphatic rings. The van der Waals surface area contributed by atoms with Crippen LogP contribution in [0.4, 0.5) is 0 Å². The number of esters is 1. The summed E-state index contributed by atoms with van der Waals surface area (Å²) in [6.07, 6.45) is 0.898. The molecule has 184 valence electrons. The Kier molecular flexibility index (Phi) is 9.37. The smallest absolute Gasteiger partial charge is 0.338 e. The van der Waals surface area contributed by atoms with Gasteiger partial charge < -0.3 is 14.8 Å². The molecule has 1 fully saturated rings. The van der Waals surface area contributed by atoms with E-state index in [0.717, 1.165) is 30.8 Å². The molecule has 2 aromatic rings. The third-order valence-corrected chi connectivity index (χ3v) is 6.11. The molecule has 3 rings (SSSR count). The Morgan fingerprint density at radius 3 is 2.47 bits per heavy atom. The fraction of sp³-hybridized carbons (Fsp3) is 0.462. The van der Waals surface area contributed by atoms with Crippen LogP contribution in [0.3, 0.4) is 0 Å². The Labute approximate surface area is 211 Å². The SMILES string of the molecule is CC(C)(C)OC(=O)c1ccc(CCC(=O)NC[C@H]2CN(Cc3ccc(Cl)c(Cl)c3)CCO2)cc1. The molecule has 0 aromatic heterocycles. The average Bonchev–Trinajstić information content (AvgIpc) is 2.78. The van der Waals surface area contributed by atoms with Crippen LogP contribution >= 0.6 is 23.2 Å². The molecule has 34 heavy (non-hydrogen) atoms. The second-order valence-electron chi connectivity index (χ2n) is 9.48. The lowest BCUT2D eigenvalue weighted by Gasteiger charge is -2.33. The van der Waals surface area contributed by atoms with E-state index in [0.29, 0.717) is 41.6 Å². The number of ether oxygens (including phenoxy) is 2. The van der Waals surface area contributed by atoms with E-state index < -0.39 is 5.60 Å². The van der Waals surface area contributed by atoms with Gasteiger partial charge in [-0.25, -0.2) is 4.79 Å². The summed E-state index contributed by atoms with van der Waals surface area (Å²) in [7, 11) is 0. The molecular formula is C26H32Cl2N2O4. The van der Waals surface area contributed by atoms with Crippen LogP contribution in [-0.2, 0) is 27.2 Å². The first kappa shape index (κ1) is 26.5. The zero-order valence-electron chi connectivity index (χ0n) is 19.9. The van der Waals surface area contributed by atoms with Gasteiger partial charge in [-0.2, -0.15) is 0 Å². The van der Waals surface area contributed by atoms with Crippen LogP contribution in [0.2, 0.25) is 10.0 Å². The number of aryl methyl sites for hydroxylation is 1. The van der Waals surface area contributed by atoms with Gasteiger partial charge in [0.1, 0.15) is 5.60 Å². The number of morpholine rings is 1. The van der Waals surface area contributed by atoms with Crippen molar-refractivity contribution in [2.45, 2.75) is 51.9 Å². The van der Waals surface area contributed by atoms with E-state index in [2.05, 4.69) is 10.2 Å². The lowest BCUT2D eigenvalue weighted by Crippen LogP contribution is -2.47. The molecule has 8 heteroatoms. The van der Waals surface area contributed by atoms with Crippen molar-refractivity contribution >= 4 is 35.1 Å². The van der Waals surface area contributed by atoms with E-state index in [1.165, 1.54) is 0 Å². The van der Waals surface area contributed by atoms with Gasteiger partial charge in [0, 0.05) is 32.6 Å². The second kappa shape index (κ2) is 12.0. The third kappa shape index (κ3) is 8.58. The normalized spacial score (nSPS) is 16.8. The highest BCUT2D eigenvalue weighted by Gasteiger charge is 2.21. The van der Waals surface area contributed by atoms with Gasteiger partial charge in [-0.15, -0.1) is 0 Å². The Bertz CT molecular complexity index is 989. The first-order valence-electron chi connectivity index (χ1n) is 11.5. The van der Waals surface area contributed by atoms with Crippen LogP contribution in [0, 0.1) is 0 Å². The van der Waals surface area contributed by atoms with E-state index in [9.17, 15) is 9.59 Å². The average molecular weight is 507 g/mol. The van der Waals surface area contributed by atoms with Crippen LogP contribution in [0.25, 0.3) is 0 Å². The molecule has 1 amide bonds.